The first-order valence-corrected chi connectivity index (χ1v) is 13.3. The van der Waals surface area contributed by atoms with Gasteiger partial charge in [0.15, 0.2) is 0 Å². The van der Waals surface area contributed by atoms with Crippen molar-refractivity contribution >= 4 is 58.3 Å². The molecule has 4 aliphatic heterocycles. The van der Waals surface area contributed by atoms with Gasteiger partial charge in [0.2, 0.25) is 11.8 Å². The van der Waals surface area contributed by atoms with E-state index in [1.807, 2.05) is 46.2 Å². The summed E-state index contributed by atoms with van der Waals surface area (Å²) in [6.45, 7) is 1.39. The lowest BCUT2D eigenvalue weighted by Gasteiger charge is -2.42. The molecule has 2 fully saturated rings. The fourth-order valence-corrected chi connectivity index (χ4v) is 9.51. The maximum absolute atomic E-state index is 14.4. The Labute approximate surface area is 195 Å². The van der Waals surface area contributed by atoms with Crippen LogP contribution in [0.2, 0.25) is 5.02 Å². The number of anilines is 2. The van der Waals surface area contributed by atoms with Gasteiger partial charge in [-0.15, -0.1) is 23.5 Å². The summed E-state index contributed by atoms with van der Waals surface area (Å²) >= 11 is 9.83. The monoisotopic (exact) mass is 470 g/mol. The predicted octanol–water partition coefficient (Wildman–Crippen LogP) is 5.18. The summed E-state index contributed by atoms with van der Waals surface area (Å²) in [5.74, 6) is 1.81. The molecule has 2 spiro atoms. The van der Waals surface area contributed by atoms with Crippen LogP contribution in [-0.2, 0) is 19.1 Å². The summed E-state index contributed by atoms with van der Waals surface area (Å²) in [5, 5.41) is 0.612. The molecular formula is C24H23ClN2O2S2. The molecule has 2 aromatic carbocycles. The number of carbonyl (C=O) groups excluding carboxylic acids is 2. The Kier molecular flexibility index (Phi) is 4.64. The van der Waals surface area contributed by atoms with E-state index in [4.69, 9.17) is 11.6 Å². The molecule has 4 aliphatic rings. The number of para-hydroxylation sites is 1. The third kappa shape index (κ3) is 2.47. The van der Waals surface area contributed by atoms with E-state index in [0.29, 0.717) is 18.1 Å². The molecule has 4 heterocycles. The number of rotatable bonds is 0. The van der Waals surface area contributed by atoms with E-state index in [1.54, 1.807) is 23.5 Å². The first-order valence-electron chi connectivity index (χ1n) is 10.9. The fourth-order valence-electron chi connectivity index (χ4n) is 5.69. The molecule has 2 aromatic rings. The summed E-state index contributed by atoms with van der Waals surface area (Å²) < 4.78 is -1.97. The molecule has 0 aromatic heterocycles. The van der Waals surface area contributed by atoms with Crippen molar-refractivity contribution in [1.29, 1.82) is 0 Å². The first kappa shape index (κ1) is 20.0. The van der Waals surface area contributed by atoms with Gasteiger partial charge in [0, 0.05) is 40.6 Å². The Bertz CT molecular complexity index is 1110. The first-order chi connectivity index (χ1) is 15.1. The predicted molar refractivity (Wildman–Crippen MR) is 129 cm³/mol. The SMILES string of the molecule is O=C1N2CCCCCN3C(=O)[C@]4(SCCCS[C@]14c1ccccc12)c1cc(Cl)ccc13. The molecular weight excluding hydrogens is 448 g/mol. The van der Waals surface area contributed by atoms with Crippen LogP contribution in [0.1, 0.15) is 36.8 Å². The Hall–Kier alpha value is -1.63. The summed E-state index contributed by atoms with van der Waals surface area (Å²) in [6.07, 6.45) is 3.82. The highest BCUT2D eigenvalue weighted by Gasteiger charge is 2.72. The second kappa shape index (κ2) is 7.19. The Morgan fingerprint density at radius 1 is 0.742 bits per heavy atom. The van der Waals surface area contributed by atoms with E-state index in [9.17, 15) is 9.59 Å². The minimum atomic E-state index is -0.999. The van der Waals surface area contributed by atoms with Gasteiger partial charge < -0.3 is 9.80 Å². The number of carbonyl (C=O) groups is 2. The number of halogens is 1. The van der Waals surface area contributed by atoms with Crippen LogP contribution < -0.4 is 9.80 Å². The van der Waals surface area contributed by atoms with Crippen molar-refractivity contribution in [2.24, 2.45) is 0 Å². The zero-order valence-electron chi connectivity index (χ0n) is 17.1. The van der Waals surface area contributed by atoms with E-state index in [1.165, 1.54) is 0 Å². The Balaban J connectivity index is 1.74. The highest BCUT2D eigenvalue weighted by molar-refractivity contribution is 8.06. The number of hydrogen-bond acceptors (Lipinski definition) is 4. The van der Waals surface area contributed by atoms with Gasteiger partial charge in [-0.2, -0.15) is 0 Å². The maximum atomic E-state index is 14.4. The number of nitrogens with zero attached hydrogens (tertiary/aromatic N) is 2. The summed E-state index contributed by atoms with van der Waals surface area (Å²) in [5.41, 5.74) is 3.79. The van der Waals surface area contributed by atoms with E-state index < -0.39 is 9.49 Å². The lowest BCUT2D eigenvalue weighted by molar-refractivity contribution is -0.127. The minimum absolute atomic E-state index is 0.0519. The second-order valence-corrected chi connectivity index (χ2v) is 11.6. The van der Waals surface area contributed by atoms with Gasteiger partial charge in [-0.25, -0.2) is 0 Å². The van der Waals surface area contributed by atoms with Crippen molar-refractivity contribution in [3.05, 3.63) is 58.6 Å². The van der Waals surface area contributed by atoms with Crippen molar-refractivity contribution in [2.45, 2.75) is 35.2 Å². The van der Waals surface area contributed by atoms with Crippen molar-refractivity contribution in [3.63, 3.8) is 0 Å². The lowest BCUT2D eigenvalue weighted by atomic mass is 9.80. The molecule has 160 valence electrons. The van der Waals surface area contributed by atoms with Gasteiger partial charge in [0.05, 0.1) is 0 Å². The van der Waals surface area contributed by atoms with Crippen molar-refractivity contribution < 1.29 is 9.59 Å². The molecule has 6 rings (SSSR count). The largest absolute Gasteiger partial charge is 0.311 e. The molecule has 0 saturated carbocycles. The molecule has 2 amide bonds. The van der Waals surface area contributed by atoms with Crippen LogP contribution >= 0.6 is 35.1 Å². The highest BCUT2D eigenvalue weighted by Crippen LogP contribution is 2.68. The van der Waals surface area contributed by atoms with Crippen molar-refractivity contribution in [2.75, 3.05) is 34.4 Å². The molecule has 0 radical (unpaired) electrons. The van der Waals surface area contributed by atoms with Crippen LogP contribution in [0.15, 0.2) is 42.5 Å². The molecule has 4 bridgehead atoms. The maximum Gasteiger partial charge on any atom is 0.250 e. The van der Waals surface area contributed by atoms with E-state index in [0.717, 1.165) is 59.7 Å². The van der Waals surface area contributed by atoms with E-state index >= 15 is 0 Å². The summed E-state index contributed by atoms with van der Waals surface area (Å²) in [4.78, 5) is 32.7. The van der Waals surface area contributed by atoms with Gasteiger partial charge >= 0.3 is 0 Å². The Morgan fingerprint density at radius 2 is 1.35 bits per heavy atom. The molecule has 7 heteroatoms. The van der Waals surface area contributed by atoms with Gasteiger partial charge in [0.1, 0.15) is 9.49 Å². The van der Waals surface area contributed by atoms with Crippen LogP contribution in [0.3, 0.4) is 0 Å². The van der Waals surface area contributed by atoms with Crippen LogP contribution in [0, 0.1) is 0 Å². The van der Waals surface area contributed by atoms with Crippen LogP contribution in [0.4, 0.5) is 11.4 Å². The average Bonchev–Trinajstić information content (AvgIpc) is 3.03. The molecule has 0 aliphatic carbocycles. The second-order valence-electron chi connectivity index (χ2n) is 8.57. The van der Waals surface area contributed by atoms with Crippen LogP contribution in [-0.4, -0.2) is 36.4 Å². The average molecular weight is 471 g/mol. The minimum Gasteiger partial charge on any atom is -0.311 e. The standard InChI is InChI=1S/C24H23ClN2O2S2/c25-16-9-10-20-18(15-16)24-22(29)27(20)12-5-1-4-11-26-19-8-3-2-7-17(19)23(24,21(26)28)30-13-6-14-31-24/h2-3,7-10,15H,1,4-6,11-14H2/t23-,24-/m1/s1. The summed E-state index contributed by atoms with van der Waals surface area (Å²) in [6, 6.07) is 13.9. The third-order valence-corrected chi connectivity index (χ3v) is 10.6. The number of fused-ring (bicyclic) bond motifs is 6. The normalized spacial score (nSPS) is 29.7. The summed E-state index contributed by atoms with van der Waals surface area (Å²) in [7, 11) is 0. The van der Waals surface area contributed by atoms with E-state index in [2.05, 4.69) is 6.07 Å². The highest BCUT2D eigenvalue weighted by atomic mass is 35.5. The quantitative estimate of drug-likeness (QED) is 0.532. The van der Waals surface area contributed by atoms with Crippen LogP contribution in [0.5, 0.6) is 0 Å². The molecule has 4 nitrogen and oxygen atoms in total. The number of amides is 2. The number of hydrogen-bond donors (Lipinski definition) is 0. The molecule has 31 heavy (non-hydrogen) atoms. The van der Waals surface area contributed by atoms with Gasteiger partial charge in [0.25, 0.3) is 0 Å². The third-order valence-electron chi connectivity index (χ3n) is 6.98. The molecule has 2 atom stereocenters. The molecule has 0 N–H and O–H groups in total. The van der Waals surface area contributed by atoms with Gasteiger partial charge in [-0.05, 0) is 61.5 Å². The van der Waals surface area contributed by atoms with Gasteiger partial charge in [-0.3, -0.25) is 9.59 Å². The molecule has 2 saturated heterocycles. The van der Waals surface area contributed by atoms with E-state index in [-0.39, 0.29) is 11.8 Å². The van der Waals surface area contributed by atoms with Gasteiger partial charge in [-0.1, -0.05) is 29.8 Å². The Morgan fingerprint density at radius 3 is 2.06 bits per heavy atom. The zero-order chi connectivity index (χ0) is 21.2. The fraction of sp³-hybridized carbons (Fsp3) is 0.417. The lowest BCUT2D eigenvalue weighted by Crippen LogP contribution is -2.56. The van der Waals surface area contributed by atoms with Crippen LogP contribution in [0.25, 0.3) is 0 Å². The number of benzene rings is 2. The van der Waals surface area contributed by atoms with Crippen molar-refractivity contribution in [1.82, 2.24) is 0 Å². The smallest absolute Gasteiger partial charge is 0.250 e. The zero-order valence-corrected chi connectivity index (χ0v) is 19.5. The number of thioether (sulfide) groups is 2. The van der Waals surface area contributed by atoms with Crippen molar-refractivity contribution in [3.8, 4) is 0 Å². The topological polar surface area (TPSA) is 40.6 Å². The molecule has 0 unspecified atom stereocenters.